The molecule has 0 saturated carbocycles. The van der Waals surface area contributed by atoms with Crippen molar-refractivity contribution in [1.29, 1.82) is 0 Å². The van der Waals surface area contributed by atoms with Crippen LogP contribution >= 0.6 is 0 Å². The fraction of sp³-hybridized carbons (Fsp3) is 0.100. The van der Waals surface area contributed by atoms with Gasteiger partial charge in [-0.25, -0.2) is 14.5 Å². The minimum absolute atomic E-state index is 0.0477. The molecular weight excluding hydrogens is 238 g/mol. The minimum Gasteiger partial charge on any atom is -0.476 e. The van der Waals surface area contributed by atoms with E-state index in [4.69, 9.17) is 5.11 Å². The molecule has 0 aromatic carbocycles. The van der Waals surface area contributed by atoms with E-state index in [2.05, 4.69) is 20.6 Å². The summed E-state index contributed by atoms with van der Waals surface area (Å²) in [5.41, 5.74) is -0.0560. The molecule has 0 bridgehead atoms. The number of pyridine rings is 1. The van der Waals surface area contributed by atoms with Gasteiger partial charge in [-0.3, -0.25) is 4.79 Å². The summed E-state index contributed by atoms with van der Waals surface area (Å²) < 4.78 is 1.33. The zero-order chi connectivity index (χ0) is 13.0. The highest BCUT2D eigenvalue weighted by molar-refractivity contribution is 5.98. The number of carbonyl (C=O) groups excluding carboxylic acids is 1. The monoisotopic (exact) mass is 247 g/mol. The smallest absolute Gasteiger partial charge is 0.356 e. The number of hydrogen-bond acceptors (Lipinski definition) is 5. The standard InChI is InChI=1S/C10H9N5O3/c16-8(6-15-5-4-12-14-15)13-7-2-1-3-11-9(7)10(17)18/h1-5H,6H2,(H,13,16)(H,17,18). The first kappa shape index (κ1) is 11.7. The van der Waals surface area contributed by atoms with Gasteiger partial charge in [0.25, 0.3) is 0 Å². The second-order valence-corrected chi connectivity index (χ2v) is 3.35. The Morgan fingerprint density at radius 2 is 2.22 bits per heavy atom. The van der Waals surface area contributed by atoms with Crippen molar-refractivity contribution in [2.75, 3.05) is 5.32 Å². The highest BCUT2D eigenvalue weighted by Gasteiger charge is 2.13. The van der Waals surface area contributed by atoms with E-state index in [9.17, 15) is 9.59 Å². The van der Waals surface area contributed by atoms with Gasteiger partial charge in [0.15, 0.2) is 5.69 Å². The Morgan fingerprint density at radius 3 is 2.89 bits per heavy atom. The summed E-state index contributed by atoms with van der Waals surface area (Å²) in [5, 5.41) is 18.5. The van der Waals surface area contributed by atoms with Crippen LogP contribution in [0.3, 0.4) is 0 Å². The molecule has 18 heavy (non-hydrogen) atoms. The molecule has 0 radical (unpaired) electrons. The molecule has 0 unspecified atom stereocenters. The van der Waals surface area contributed by atoms with Crippen LogP contribution in [0.4, 0.5) is 5.69 Å². The van der Waals surface area contributed by atoms with Crippen molar-refractivity contribution in [3.8, 4) is 0 Å². The predicted octanol–water partition coefficient (Wildman–Crippen LogP) is 0.01000. The highest BCUT2D eigenvalue weighted by Crippen LogP contribution is 2.11. The zero-order valence-corrected chi connectivity index (χ0v) is 9.15. The average molecular weight is 247 g/mol. The summed E-state index contributed by atoms with van der Waals surface area (Å²) >= 11 is 0. The highest BCUT2D eigenvalue weighted by atomic mass is 16.4. The molecule has 0 saturated heterocycles. The topological polar surface area (TPSA) is 110 Å². The van der Waals surface area contributed by atoms with E-state index in [0.717, 1.165) is 0 Å². The molecule has 2 aromatic heterocycles. The number of aromatic carboxylic acids is 1. The van der Waals surface area contributed by atoms with E-state index in [1.165, 1.54) is 35.4 Å². The van der Waals surface area contributed by atoms with E-state index < -0.39 is 11.9 Å². The number of nitrogens with zero attached hydrogens (tertiary/aromatic N) is 4. The summed E-state index contributed by atoms with van der Waals surface area (Å²) in [4.78, 5) is 26.2. The van der Waals surface area contributed by atoms with E-state index >= 15 is 0 Å². The summed E-state index contributed by atoms with van der Waals surface area (Å²) in [6.07, 6.45) is 4.32. The van der Waals surface area contributed by atoms with Gasteiger partial charge in [0.1, 0.15) is 6.54 Å². The van der Waals surface area contributed by atoms with E-state index in [1.54, 1.807) is 0 Å². The fourth-order valence-corrected chi connectivity index (χ4v) is 1.33. The Labute approximate surface area is 101 Å². The molecule has 2 heterocycles. The first-order chi connectivity index (χ1) is 8.66. The number of aromatic nitrogens is 4. The maximum Gasteiger partial charge on any atom is 0.356 e. The van der Waals surface area contributed by atoms with Gasteiger partial charge >= 0.3 is 5.97 Å². The van der Waals surface area contributed by atoms with Gasteiger partial charge in [0, 0.05) is 12.4 Å². The molecule has 2 rings (SSSR count). The lowest BCUT2D eigenvalue weighted by atomic mass is 10.3. The van der Waals surface area contributed by atoms with Crippen LogP contribution in [-0.2, 0) is 11.3 Å². The molecule has 1 amide bonds. The van der Waals surface area contributed by atoms with Gasteiger partial charge in [0.2, 0.25) is 5.91 Å². The van der Waals surface area contributed by atoms with Crippen molar-refractivity contribution in [3.05, 3.63) is 36.4 Å². The summed E-state index contributed by atoms with van der Waals surface area (Å²) in [6, 6.07) is 3.01. The molecule has 0 atom stereocenters. The largest absolute Gasteiger partial charge is 0.476 e. The Hall–Kier alpha value is -2.77. The van der Waals surface area contributed by atoms with E-state index in [1.807, 2.05) is 0 Å². The van der Waals surface area contributed by atoms with Crippen LogP contribution < -0.4 is 5.32 Å². The number of hydrogen-bond donors (Lipinski definition) is 2. The minimum atomic E-state index is -1.20. The molecule has 2 N–H and O–H groups in total. The van der Waals surface area contributed by atoms with Crippen molar-refractivity contribution in [2.45, 2.75) is 6.54 Å². The van der Waals surface area contributed by atoms with Crippen LogP contribution in [0, 0.1) is 0 Å². The Kier molecular flexibility index (Phi) is 3.28. The number of carboxylic acid groups (broad SMARTS) is 1. The Balaban J connectivity index is 2.09. The SMILES string of the molecule is O=C(Cn1ccnn1)Nc1cccnc1C(=O)O. The molecular formula is C10H9N5O3. The molecule has 0 aliphatic carbocycles. The van der Waals surface area contributed by atoms with Gasteiger partial charge in [-0.05, 0) is 12.1 Å². The van der Waals surface area contributed by atoms with Crippen LogP contribution in [0.5, 0.6) is 0 Å². The molecule has 92 valence electrons. The van der Waals surface area contributed by atoms with Crippen LogP contribution in [0.2, 0.25) is 0 Å². The van der Waals surface area contributed by atoms with Crippen molar-refractivity contribution in [3.63, 3.8) is 0 Å². The van der Waals surface area contributed by atoms with Crippen molar-refractivity contribution < 1.29 is 14.7 Å². The Morgan fingerprint density at radius 1 is 1.39 bits per heavy atom. The first-order valence-corrected chi connectivity index (χ1v) is 4.99. The Bertz CT molecular complexity index is 567. The van der Waals surface area contributed by atoms with Crippen LogP contribution in [0.15, 0.2) is 30.7 Å². The number of rotatable bonds is 4. The third kappa shape index (κ3) is 2.67. The van der Waals surface area contributed by atoms with Gasteiger partial charge < -0.3 is 10.4 Å². The molecule has 2 aromatic rings. The van der Waals surface area contributed by atoms with Crippen LogP contribution in [-0.4, -0.2) is 37.0 Å². The van der Waals surface area contributed by atoms with Gasteiger partial charge in [0.05, 0.1) is 11.9 Å². The van der Waals surface area contributed by atoms with Gasteiger partial charge in [-0.2, -0.15) is 0 Å². The third-order valence-electron chi connectivity index (χ3n) is 2.06. The number of carbonyl (C=O) groups is 2. The molecule has 0 aliphatic heterocycles. The third-order valence-corrected chi connectivity index (χ3v) is 2.06. The maximum atomic E-state index is 11.6. The lowest BCUT2D eigenvalue weighted by molar-refractivity contribution is -0.116. The number of nitrogens with one attached hydrogen (secondary N) is 1. The second-order valence-electron chi connectivity index (χ2n) is 3.35. The summed E-state index contributed by atoms with van der Waals surface area (Å²) in [5.74, 6) is -1.61. The lowest BCUT2D eigenvalue weighted by Crippen LogP contribution is -2.21. The van der Waals surface area contributed by atoms with E-state index in [0.29, 0.717) is 0 Å². The second kappa shape index (κ2) is 5.04. The molecule has 8 nitrogen and oxygen atoms in total. The molecule has 0 spiro atoms. The van der Waals surface area contributed by atoms with Crippen molar-refractivity contribution >= 4 is 17.6 Å². The summed E-state index contributed by atoms with van der Waals surface area (Å²) in [6.45, 7) is -0.0477. The number of carboxylic acids is 1. The first-order valence-electron chi connectivity index (χ1n) is 4.99. The number of anilines is 1. The van der Waals surface area contributed by atoms with Gasteiger partial charge in [-0.15, -0.1) is 5.10 Å². The van der Waals surface area contributed by atoms with Crippen molar-refractivity contribution in [2.24, 2.45) is 0 Å². The molecule has 0 aliphatic rings. The average Bonchev–Trinajstić information content (AvgIpc) is 2.82. The normalized spacial score (nSPS) is 10.0. The molecule has 8 heteroatoms. The van der Waals surface area contributed by atoms with Crippen molar-refractivity contribution in [1.82, 2.24) is 20.0 Å². The summed E-state index contributed by atoms with van der Waals surface area (Å²) in [7, 11) is 0. The quantitative estimate of drug-likeness (QED) is 0.787. The molecule has 0 fully saturated rings. The predicted molar refractivity (Wildman–Crippen MR) is 59.8 cm³/mol. The number of amides is 1. The van der Waals surface area contributed by atoms with E-state index in [-0.39, 0.29) is 17.9 Å². The van der Waals surface area contributed by atoms with Gasteiger partial charge in [-0.1, -0.05) is 5.21 Å². The fourth-order valence-electron chi connectivity index (χ4n) is 1.33. The maximum absolute atomic E-state index is 11.6. The van der Waals surface area contributed by atoms with Crippen LogP contribution in [0.25, 0.3) is 0 Å². The zero-order valence-electron chi connectivity index (χ0n) is 9.15. The van der Waals surface area contributed by atoms with Crippen LogP contribution in [0.1, 0.15) is 10.5 Å². The lowest BCUT2D eigenvalue weighted by Gasteiger charge is -2.06.